The lowest BCUT2D eigenvalue weighted by molar-refractivity contribution is 0.204. The molecule has 0 saturated carbocycles. The first-order chi connectivity index (χ1) is 11.0. The number of benzene rings is 1. The van der Waals surface area contributed by atoms with Crippen LogP contribution < -0.4 is 16.2 Å². The number of rotatable bonds is 6. The van der Waals surface area contributed by atoms with E-state index < -0.39 is 0 Å². The van der Waals surface area contributed by atoms with E-state index in [0.717, 1.165) is 16.5 Å². The topological polar surface area (TPSA) is 66.2 Å². The lowest BCUT2D eigenvalue weighted by atomic mass is 10.0. The standard InChI is InChI=1S/C17H23N3O2S/c1-11-8-14-10-13(16(21)20-15(14)9-12(11)2)4-5-18-17(23)19-6-7-22-3/h8-10H,4-7H2,1-3H3,(H,20,21)(H2,18,19,23). The van der Waals surface area contributed by atoms with E-state index in [2.05, 4.69) is 28.6 Å². The van der Waals surface area contributed by atoms with Crippen molar-refractivity contribution in [2.75, 3.05) is 26.8 Å². The first-order valence-electron chi connectivity index (χ1n) is 7.65. The molecule has 23 heavy (non-hydrogen) atoms. The van der Waals surface area contributed by atoms with E-state index in [1.165, 1.54) is 11.1 Å². The molecule has 124 valence electrons. The Kier molecular flexibility index (Phi) is 6.12. The minimum absolute atomic E-state index is 0.0409. The molecule has 0 saturated heterocycles. The average molecular weight is 333 g/mol. The van der Waals surface area contributed by atoms with Crippen LogP contribution >= 0.6 is 12.2 Å². The number of hydrogen-bond acceptors (Lipinski definition) is 3. The van der Waals surface area contributed by atoms with Crippen LogP contribution in [0.5, 0.6) is 0 Å². The number of aryl methyl sites for hydroxylation is 2. The molecule has 0 fully saturated rings. The first kappa shape index (κ1) is 17.4. The summed E-state index contributed by atoms with van der Waals surface area (Å²) in [5, 5.41) is 7.77. The Morgan fingerprint density at radius 1 is 1.17 bits per heavy atom. The van der Waals surface area contributed by atoms with Gasteiger partial charge in [0.2, 0.25) is 0 Å². The zero-order valence-corrected chi connectivity index (χ0v) is 14.6. The number of methoxy groups -OCH3 is 1. The lowest BCUT2D eigenvalue weighted by Gasteiger charge is -2.10. The van der Waals surface area contributed by atoms with E-state index in [0.29, 0.717) is 31.2 Å². The molecule has 0 aliphatic rings. The summed E-state index contributed by atoms with van der Waals surface area (Å²) < 4.78 is 4.95. The van der Waals surface area contributed by atoms with E-state index >= 15 is 0 Å². The highest BCUT2D eigenvalue weighted by atomic mass is 32.1. The monoisotopic (exact) mass is 333 g/mol. The number of nitrogens with one attached hydrogen (secondary N) is 3. The number of pyridine rings is 1. The highest BCUT2D eigenvalue weighted by Crippen LogP contribution is 2.17. The van der Waals surface area contributed by atoms with Crippen LogP contribution in [-0.2, 0) is 11.2 Å². The molecule has 0 radical (unpaired) electrons. The second-order valence-corrected chi connectivity index (χ2v) is 5.98. The van der Waals surface area contributed by atoms with Gasteiger partial charge in [0.15, 0.2) is 5.11 Å². The molecule has 0 amide bonds. The van der Waals surface area contributed by atoms with Crippen LogP contribution in [0.15, 0.2) is 23.0 Å². The molecule has 1 heterocycles. The van der Waals surface area contributed by atoms with E-state index in [9.17, 15) is 4.79 Å². The Morgan fingerprint density at radius 3 is 2.61 bits per heavy atom. The van der Waals surface area contributed by atoms with Gasteiger partial charge in [-0.05, 0) is 67.2 Å². The van der Waals surface area contributed by atoms with Gasteiger partial charge in [0.25, 0.3) is 5.56 Å². The Hall–Kier alpha value is -1.92. The maximum absolute atomic E-state index is 12.2. The molecular weight excluding hydrogens is 310 g/mol. The van der Waals surface area contributed by atoms with Gasteiger partial charge in [-0.15, -0.1) is 0 Å². The van der Waals surface area contributed by atoms with Crippen molar-refractivity contribution >= 4 is 28.2 Å². The third-order valence-electron chi connectivity index (χ3n) is 3.81. The Balaban J connectivity index is 2.00. The zero-order valence-electron chi connectivity index (χ0n) is 13.8. The van der Waals surface area contributed by atoms with Crippen molar-refractivity contribution in [3.63, 3.8) is 0 Å². The number of hydrogen-bond donors (Lipinski definition) is 3. The molecule has 0 bridgehead atoms. The number of thiocarbonyl (C=S) groups is 1. The summed E-state index contributed by atoms with van der Waals surface area (Å²) in [4.78, 5) is 15.1. The van der Waals surface area contributed by atoms with Gasteiger partial charge in [0.05, 0.1) is 6.61 Å². The predicted molar refractivity (Wildman–Crippen MR) is 98.2 cm³/mol. The summed E-state index contributed by atoms with van der Waals surface area (Å²) in [5.41, 5.74) is 3.99. The molecular formula is C17H23N3O2S. The number of ether oxygens (including phenoxy) is 1. The van der Waals surface area contributed by atoms with Crippen molar-refractivity contribution in [2.24, 2.45) is 0 Å². The maximum atomic E-state index is 12.2. The van der Waals surface area contributed by atoms with Gasteiger partial charge in [-0.1, -0.05) is 0 Å². The third-order valence-corrected chi connectivity index (χ3v) is 4.10. The smallest absolute Gasteiger partial charge is 0.251 e. The number of aromatic nitrogens is 1. The number of aromatic amines is 1. The highest BCUT2D eigenvalue weighted by Gasteiger charge is 2.05. The fourth-order valence-electron chi connectivity index (χ4n) is 2.35. The van der Waals surface area contributed by atoms with Gasteiger partial charge in [0, 0.05) is 31.3 Å². The van der Waals surface area contributed by atoms with Gasteiger partial charge < -0.3 is 20.4 Å². The van der Waals surface area contributed by atoms with Crippen molar-refractivity contribution in [1.82, 2.24) is 15.6 Å². The SMILES string of the molecule is COCCNC(=S)NCCc1cc2cc(C)c(C)cc2[nH]c1=O. The van der Waals surface area contributed by atoms with E-state index in [1.54, 1.807) is 7.11 Å². The molecule has 1 aromatic carbocycles. The Morgan fingerprint density at radius 2 is 1.87 bits per heavy atom. The number of fused-ring (bicyclic) bond motifs is 1. The second-order valence-electron chi connectivity index (χ2n) is 5.57. The predicted octanol–water partition coefficient (Wildman–Crippen LogP) is 1.80. The molecule has 6 heteroatoms. The Bertz CT molecular complexity index is 755. The van der Waals surface area contributed by atoms with Gasteiger partial charge in [-0.2, -0.15) is 0 Å². The minimum atomic E-state index is -0.0409. The lowest BCUT2D eigenvalue weighted by Crippen LogP contribution is -2.38. The summed E-state index contributed by atoms with van der Waals surface area (Å²) in [5.74, 6) is 0. The molecule has 1 aromatic heterocycles. The van der Waals surface area contributed by atoms with E-state index in [4.69, 9.17) is 17.0 Å². The van der Waals surface area contributed by atoms with Gasteiger partial charge >= 0.3 is 0 Å². The molecule has 0 aliphatic heterocycles. The van der Waals surface area contributed by atoms with Crippen LogP contribution in [0.1, 0.15) is 16.7 Å². The Labute approximate surface area is 141 Å². The molecule has 2 aromatic rings. The quantitative estimate of drug-likeness (QED) is 0.556. The largest absolute Gasteiger partial charge is 0.383 e. The van der Waals surface area contributed by atoms with Gasteiger partial charge in [0.1, 0.15) is 0 Å². The average Bonchev–Trinajstić information content (AvgIpc) is 2.50. The molecule has 0 atom stereocenters. The van der Waals surface area contributed by atoms with Crippen LogP contribution in [0.25, 0.3) is 10.9 Å². The third kappa shape index (κ3) is 4.77. The van der Waals surface area contributed by atoms with Crippen LogP contribution in [0, 0.1) is 13.8 Å². The van der Waals surface area contributed by atoms with Crippen LogP contribution in [0.3, 0.4) is 0 Å². The van der Waals surface area contributed by atoms with Crippen LogP contribution in [-0.4, -0.2) is 36.9 Å². The van der Waals surface area contributed by atoms with Gasteiger partial charge in [-0.25, -0.2) is 0 Å². The highest BCUT2D eigenvalue weighted by molar-refractivity contribution is 7.80. The summed E-state index contributed by atoms with van der Waals surface area (Å²) in [6.07, 6.45) is 0.615. The molecule has 0 spiro atoms. The minimum Gasteiger partial charge on any atom is -0.383 e. The van der Waals surface area contributed by atoms with Crippen molar-refractivity contribution in [1.29, 1.82) is 0 Å². The van der Waals surface area contributed by atoms with Crippen LogP contribution in [0.2, 0.25) is 0 Å². The normalized spacial score (nSPS) is 10.7. The van der Waals surface area contributed by atoms with E-state index in [1.807, 2.05) is 19.1 Å². The summed E-state index contributed by atoms with van der Waals surface area (Å²) in [7, 11) is 1.65. The van der Waals surface area contributed by atoms with Crippen LogP contribution in [0.4, 0.5) is 0 Å². The zero-order chi connectivity index (χ0) is 16.8. The molecule has 5 nitrogen and oxygen atoms in total. The van der Waals surface area contributed by atoms with Crippen molar-refractivity contribution in [2.45, 2.75) is 20.3 Å². The summed E-state index contributed by atoms with van der Waals surface area (Å²) in [6, 6.07) is 6.08. The first-order valence-corrected chi connectivity index (χ1v) is 8.06. The molecule has 3 N–H and O–H groups in total. The maximum Gasteiger partial charge on any atom is 0.251 e. The molecule has 2 rings (SSSR count). The fourth-order valence-corrected chi connectivity index (χ4v) is 2.55. The summed E-state index contributed by atoms with van der Waals surface area (Å²) >= 11 is 5.16. The van der Waals surface area contributed by atoms with Crippen molar-refractivity contribution in [3.8, 4) is 0 Å². The fraction of sp³-hybridized carbons (Fsp3) is 0.412. The van der Waals surface area contributed by atoms with E-state index in [-0.39, 0.29) is 5.56 Å². The van der Waals surface area contributed by atoms with Crippen molar-refractivity contribution in [3.05, 3.63) is 45.2 Å². The van der Waals surface area contributed by atoms with Gasteiger partial charge in [-0.3, -0.25) is 4.79 Å². The second kappa shape index (κ2) is 8.08. The summed E-state index contributed by atoms with van der Waals surface area (Å²) in [6.45, 7) is 5.99. The molecule has 0 unspecified atom stereocenters. The van der Waals surface area contributed by atoms with Crippen molar-refractivity contribution < 1.29 is 4.74 Å². The molecule has 0 aliphatic carbocycles. The number of H-pyrrole nitrogens is 1.